The molecule has 0 bridgehead atoms. The van der Waals surface area contributed by atoms with Crippen LogP contribution < -0.4 is 0 Å². The number of nitrogens with zero attached hydrogens (tertiary/aromatic N) is 4. The zero-order valence-corrected chi connectivity index (χ0v) is 30.5. The van der Waals surface area contributed by atoms with Gasteiger partial charge in [0.15, 0.2) is 17.5 Å². The Hall–Kier alpha value is -7.21. The average Bonchev–Trinajstić information content (AvgIpc) is 3.88. The topological polar surface area (TPSA) is 43.6 Å². The van der Waals surface area contributed by atoms with Gasteiger partial charge in [-0.2, -0.15) is 0 Å². The smallest absolute Gasteiger partial charge is 0.164 e. The molecule has 0 aliphatic carbocycles. The lowest BCUT2D eigenvalue weighted by atomic mass is 9.97. The Labute approximate surface area is 336 Å². The summed E-state index contributed by atoms with van der Waals surface area (Å²) in [4.78, 5) is 15.0. The molecule has 0 radical (unpaired) electrons. The van der Waals surface area contributed by atoms with E-state index >= 15 is 0 Å². The van der Waals surface area contributed by atoms with Gasteiger partial charge in [0.1, 0.15) is 0 Å². The van der Waals surface area contributed by atoms with Gasteiger partial charge < -0.3 is 4.57 Å². The molecule has 0 atom stereocenters. The minimum absolute atomic E-state index is 0.0245. The standard InChI is InChI=1S/C51H32N4S/c1-4-15-33(16-5-1)36-28-30-47-43(31-36)41-24-14-23-40(48(41)56-47)42-32-37(27-29-46(42)55-44-25-12-10-21-38(44)39-22-11-13-26-45(39)55)51-53-49(34-17-6-2-7-18-34)52-50(54-51)35-19-8-3-9-20-35/h1-32H/i10D,11D,21D,22D,25D,26D. The van der Waals surface area contributed by atoms with Crippen molar-refractivity contribution in [1.82, 2.24) is 19.5 Å². The third-order valence-electron chi connectivity index (χ3n) is 10.2. The summed E-state index contributed by atoms with van der Waals surface area (Å²) < 4.78 is 57.8. The normalized spacial score (nSPS) is 13.1. The molecule has 56 heavy (non-hydrogen) atoms. The van der Waals surface area contributed by atoms with Gasteiger partial charge in [0, 0.05) is 58.8 Å². The van der Waals surface area contributed by atoms with E-state index in [1.165, 1.54) is 12.1 Å². The van der Waals surface area contributed by atoms with Gasteiger partial charge in [-0.3, -0.25) is 0 Å². The van der Waals surface area contributed by atoms with Crippen molar-refractivity contribution in [2.24, 2.45) is 0 Å². The van der Waals surface area contributed by atoms with Crippen LogP contribution in [0.15, 0.2) is 194 Å². The lowest BCUT2D eigenvalue weighted by Crippen LogP contribution is -2.02. The van der Waals surface area contributed by atoms with Crippen LogP contribution in [0.2, 0.25) is 0 Å². The van der Waals surface area contributed by atoms with E-state index in [1.54, 1.807) is 15.9 Å². The fourth-order valence-electron chi connectivity index (χ4n) is 7.60. The van der Waals surface area contributed by atoms with E-state index in [2.05, 4.69) is 42.5 Å². The van der Waals surface area contributed by atoms with Crippen molar-refractivity contribution in [1.29, 1.82) is 0 Å². The summed E-state index contributed by atoms with van der Waals surface area (Å²) in [5.74, 6) is 1.49. The second-order valence-corrected chi connectivity index (χ2v) is 14.6. The molecule has 0 amide bonds. The SMILES string of the molecule is [2H]c1cc([2H])c2c(c1[2H])c1c([2H])c([2H])cc([2H])c1n2-c1ccc(-c2nc(-c3ccccc3)nc(-c3ccccc3)n2)cc1-c1cccc2c1sc1ccc(-c3ccccc3)cc12. The highest BCUT2D eigenvalue weighted by molar-refractivity contribution is 7.26. The highest BCUT2D eigenvalue weighted by Gasteiger charge is 2.21. The molecule has 4 nitrogen and oxygen atoms in total. The Bertz CT molecular complexity index is 3460. The van der Waals surface area contributed by atoms with Crippen LogP contribution in [0.3, 0.4) is 0 Å². The molecule has 11 rings (SSSR count). The van der Waals surface area contributed by atoms with Crippen LogP contribution in [0.1, 0.15) is 8.22 Å². The molecule has 0 unspecified atom stereocenters. The summed E-state index contributed by atoms with van der Waals surface area (Å²) in [5.41, 5.74) is 7.42. The molecule has 0 saturated heterocycles. The number of aromatic nitrogens is 4. The van der Waals surface area contributed by atoms with Crippen molar-refractivity contribution in [3.8, 4) is 62.1 Å². The van der Waals surface area contributed by atoms with Crippen molar-refractivity contribution in [2.45, 2.75) is 0 Å². The van der Waals surface area contributed by atoms with E-state index in [-0.39, 0.29) is 58.1 Å². The fourth-order valence-corrected chi connectivity index (χ4v) is 8.81. The molecule has 0 fully saturated rings. The van der Waals surface area contributed by atoms with Crippen molar-refractivity contribution >= 4 is 53.3 Å². The molecule has 8 aromatic carbocycles. The molecule has 0 aliphatic rings. The van der Waals surface area contributed by atoms with Crippen LogP contribution in [-0.2, 0) is 0 Å². The molecule has 5 heteroatoms. The Kier molecular flexibility index (Phi) is 6.29. The number of thiophene rings is 1. The number of rotatable bonds is 6. The number of para-hydroxylation sites is 2. The van der Waals surface area contributed by atoms with Gasteiger partial charge in [-0.1, -0.05) is 152 Å². The number of hydrogen-bond acceptors (Lipinski definition) is 4. The van der Waals surface area contributed by atoms with Crippen molar-refractivity contribution in [2.75, 3.05) is 0 Å². The minimum atomic E-state index is -0.165. The summed E-state index contributed by atoms with van der Waals surface area (Å²) in [6, 6.07) is 50.5. The summed E-state index contributed by atoms with van der Waals surface area (Å²) in [6.45, 7) is 0. The molecule has 0 saturated carbocycles. The average molecular weight is 739 g/mol. The van der Waals surface area contributed by atoms with E-state index in [0.29, 0.717) is 28.7 Å². The van der Waals surface area contributed by atoms with E-state index in [1.807, 2.05) is 103 Å². The molecule has 0 aliphatic heterocycles. The van der Waals surface area contributed by atoms with E-state index in [0.717, 1.165) is 53.6 Å². The second kappa shape index (κ2) is 13.3. The maximum atomic E-state index is 9.26. The van der Waals surface area contributed by atoms with Crippen LogP contribution in [-0.4, -0.2) is 19.5 Å². The maximum Gasteiger partial charge on any atom is 0.164 e. The van der Waals surface area contributed by atoms with Gasteiger partial charge >= 0.3 is 0 Å². The summed E-state index contributed by atoms with van der Waals surface area (Å²) >= 11 is 1.68. The molecule has 11 aromatic rings. The number of benzene rings is 8. The number of fused-ring (bicyclic) bond motifs is 6. The van der Waals surface area contributed by atoms with Crippen LogP contribution in [0.4, 0.5) is 0 Å². The van der Waals surface area contributed by atoms with Crippen LogP contribution >= 0.6 is 11.3 Å². The quantitative estimate of drug-likeness (QED) is 0.171. The first-order chi connectivity index (χ1) is 30.2. The van der Waals surface area contributed by atoms with Crippen LogP contribution in [0, 0.1) is 0 Å². The first-order valence-electron chi connectivity index (χ1n) is 21.3. The van der Waals surface area contributed by atoms with E-state index < -0.39 is 0 Å². The Morgan fingerprint density at radius 1 is 0.411 bits per heavy atom. The molecule has 0 N–H and O–H groups in total. The second-order valence-electron chi connectivity index (χ2n) is 13.5. The first-order valence-corrected chi connectivity index (χ1v) is 19.1. The monoisotopic (exact) mass is 738 g/mol. The van der Waals surface area contributed by atoms with Crippen molar-refractivity contribution in [3.05, 3.63) is 194 Å². The highest BCUT2D eigenvalue weighted by atomic mass is 32.1. The fraction of sp³-hybridized carbons (Fsp3) is 0. The molecular weight excluding hydrogens is 701 g/mol. The zero-order chi connectivity index (χ0) is 42.2. The first kappa shape index (κ1) is 26.5. The van der Waals surface area contributed by atoms with Crippen molar-refractivity contribution < 1.29 is 8.22 Å². The van der Waals surface area contributed by atoms with Gasteiger partial charge in [-0.25, -0.2) is 15.0 Å². The number of hydrogen-bond donors (Lipinski definition) is 0. The van der Waals surface area contributed by atoms with Gasteiger partial charge in [0.2, 0.25) is 0 Å². The van der Waals surface area contributed by atoms with Crippen molar-refractivity contribution in [3.63, 3.8) is 0 Å². The Balaban J connectivity index is 1.24. The molecule has 3 heterocycles. The minimum Gasteiger partial charge on any atom is -0.309 e. The van der Waals surface area contributed by atoms with Gasteiger partial charge in [-0.15, -0.1) is 11.3 Å². The van der Waals surface area contributed by atoms with E-state index in [4.69, 9.17) is 20.4 Å². The third kappa shape index (κ3) is 5.40. The molecular formula is C51H32N4S. The zero-order valence-electron chi connectivity index (χ0n) is 35.7. The predicted octanol–water partition coefficient (Wildman–Crippen LogP) is 13.7. The summed E-state index contributed by atoms with van der Waals surface area (Å²) in [7, 11) is 0. The maximum absolute atomic E-state index is 9.26. The lowest BCUT2D eigenvalue weighted by Gasteiger charge is -2.17. The van der Waals surface area contributed by atoms with Gasteiger partial charge in [0.05, 0.1) is 24.9 Å². The predicted molar refractivity (Wildman–Crippen MR) is 234 cm³/mol. The summed E-state index contributed by atoms with van der Waals surface area (Å²) in [6.07, 6.45) is 0. The lowest BCUT2D eigenvalue weighted by molar-refractivity contribution is 1.07. The largest absolute Gasteiger partial charge is 0.309 e. The van der Waals surface area contributed by atoms with Gasteiger partial charge in [-0.05, 0) is 53.5 Å². The molecule has 3 aromatic heterocycles. The Morgan fingerprint density at radius 3 is 1.61 bits per heavy atom. The highest BCUT2D eigenvalue weighted by Crippen LogP contribution is 2.45. The third-order valence-corrected chi connectivity index (χ3v) is 11.4. The molecule has 0 spiro atoms. The van der Waals surface area contributed by atoms with E-state index in [9.17, 15) is 2.74 Å². The van der Waals surface area contributed by atoms with Crippen LogP contribution in [0.5, 0.6) is 0 Å². The summed E-state index contributed by atoms with van der Waals surface area (Å²) in [5, 5.41) is 2.58. The Morgan fingerprint density at radius 2 is 0.982 bits per heavy atom. The van der Waals surface area contributed by atoms with Gasteiger partial charge in [0.25, 0.3) is 0 Å². The van der Waals surface area contributed by atoms with Crippen LogP contribution in [0.25, 0.3) is 104 Å². The molecule has 262 valence electrons.